The van der Waals surface area contributed by atoms with Crippen LogP contribution in [0.3, 0.4) is 0 Å². The molecule has 0 saturated carbocycles. The molecule has 1 aromatic rings. The largest absolute Gasteiger partial charge is 0.388 e. The Labute approximate surface area is 136 Å². The molecule has 2 rings (SSSR count). The zero-order valence-electron chi connectivity index (χ0n) is 13.8. The number of aliphatic hydroxyl groups is 3. The first kappa shape index (κ1) is 18.3. The van der Waals surface area contributed by atoms with Crippen LogP contribution in [0.4, 0.5) is 0 Å². The molecule has 1 aliphatic heterocycles. The fourth-order valence-electron chi connectivity index (χ4n) is 2.55. The van der Waals surface area contributed by atoms with E-state index < -0.39 is 24.6 Å². The van der Waals surface area contributed by atoms with Gasteiger partial charge in [-0.2, -0.15) is 0 Å². The van der Waals surface area contributed by atoms with E-state index in [2.05, 4.69) is 12.1 Å². The molecule has 3 N–H and O–H groups in total. The predicted molar refractivity (Wildman–Crippen MR) is 80.1 cm³/mol. The lowest BCUT2D eigenvalue weighted by molar-refractivity contribution is -0.755. The lowest BCUT2D eigenvalue weighted by Gasteiger charge is -2.34. The standard InChI is InChI=1S/C15H28N3O5/c1-3-4-5-6-7-18-8-11(17(2)16-18)9-22-15-14(21)13(20)12(19)10-23-15/h8,12-15,19-21H,3-7,9-10H2,1-2H3/q+1/t12-,13+,14-,15-/m1/s1. The third-order valence-corrected chi connectivity index (χ3v) is 4.05. The van der Waals surface area contributed by atoms with Crippen molar-refractivity contribution in [3.63, 3.8) is 0 Å². The number of aromatic nitrogens is 3. The second-order valence-corrected chi connectivity index (χ2v) is 6.02. The molecular weight excluding hydrogens is 302 g/mol. The maximum Gasteiger partial charge on any atom is 0.193 e. The molecule has 0 radical (unpaired) electrons. The average molecular weight is 330 g/mol. The van der Waals surface area contributed by atoms with E-state index in [1.165, 1.54) is 19.3 Å². The average Bonchev–Trinajstić information content (AvgIpc) is 2.89. The van der Waals surface area contributed by atoms with Gasteiger partial charge < -0.3 is 24.8 Å². The van der Waals surface area contributed by atoms with E-state index in [4.69, 9.17) is 9.47 Å². The predicted octanol–water partition coefficient (Wildman–Crippen LogP) is -0.756. The van der Waals surface area contributed by atoms with Crippen molar-refractivity contribution < 1.29 is 29.5 Å². The third kappa shape index (κ3) is 4.95. The first-order valence-corrected chi connectivity index (χ1v) is 8.23. The van der Waals surface area contributed by atoms with Gasteiger partial charge in [0.15, 0.2) is 18.2 Å². The van der Waals surface area contributed by atoms with Gasteiger partial charge in [0.05, 0.1) is 11.8 Å². The quantitative estimate of drug-likeness (QED) is 0.428. The Morgan fingerprint density at radius 1 is 1.30 bits per heavy atom. The number of ether oxygens (including phenoxy) is 2. The molecule has 0 bridgehead atoms. The Kier molecular flexibility index (Phi) is 6.91. The molecule has 4 atom stereocenters. The van der Waals surface area contributed by atoms with Gasteiger partial charge in [-0.25, -0.2) is 0 Å². The number of hydrogen-bond donors (Lipinski definition) is 3. The highest BCUT2D eigenvalue weighted by molar-refractivity contribution is 4.88. The molecule has 1 saturated heterocycles. The van der Waals surface area contributed by atoms with Crippen molar-refractivity contribution >= 4 is 0 Å². The lowest BCUT2D eigenvalue weighted by atomic mass is 10.1. The van der Waals surface area contributed by atoms with Gasteiger partial charge in [0.1, 0.15) is 38.5 Å². The van der Waals surface area contributed by atoms with E-state index in [1.54, 1.807) is 4.68 Å². The van der Waals surface area contributed by atoms with Crippen LogP contribution in [0.25, 0.3) is 0 Å². The molecule has 0 aliphatic carbocycles. The van der Waals surface area contributed by atoms with Crippen molar-refractivity contribution in [3.8, 4) is 0 Å². The molecule has 1 aromatic heterocycles. The van der Waals surface area contributed by atoms with Gasteiger partial charge in [-0.15, -0.1) is 9.36 Å². The second-order valence-electron chi connectivity index (χ2n) is 6.02. The Bertz CT molecular complexity index is 482. The summed E-state index contributed by atoms with van der Waals surface area (Å²) < 4.78 is 14.3. The summed E-state index contributed by atoms with van der Waals surface area (Å²) in [4.78, 5) is 0. The van der Waals surface area contributed by atoms with Gasteiger partial charge in [0.2, 0.25) is 0 Å². The first-order chi connectivity index (χ1) is 11.0. The molecule has 0 amide bonds. The van der Waals surface area contributed by atoms with E-state index in [0.29, 0.717) is 0 Å². The van der Waals surface area contributed by atoms with Crippen LogP contribution < -0.4 is 4.68 Å². The highest BCUT2D eigenvalue weighted by Gasteiger charge is 2.38. The summed E-state index contributed by atoms with van der Waals surface area (Å²) in [7, 11) is 1.83. The monoisotopic (exact) mass is 330 g/mol. The molecule has 0 aromatic carbocycles. The van der Waals surface area contributed by atoms with Crippen LogP contribution >= 0.6 is 0 Å². The van der Waals surface area contributed by atoms with Crippen molar-refractivity contribution in [2.24, 2.45) is 7.05 Å². The van der Waals surface area contributed by atoms with Gasteiger partial charge >= 0.3 is 0 Å². The van der Waals surface area contributed by atoms with Crippen molar-refractivity contribution in [2.75, 3.05) is 6.61 Å². The minimum atomic E-state index is -1.27. The van der Waals surface area contributed by atoms with Crippen molar-refractivity contribution in [3.05, 3.63) is 11.9 Å². The van der Waals surface area contributed by atoms with Crippen LogP contribution in [0.1, 0.15) is 38.3 Å². The number of hydrogen-bond acceptors (Lipinski definition) is 6. The molecule has 23 heavy (non-hydrogen) atoms. The number of rotatable bonds is 8. The highest BCUT2D eigenvalue weighted by Crippen LogP contribution is 2.17. The van der Waals surface area contributed by atoms with E-state index in [-0.39, 0.29) is 13.2 Å². The summed E-state index contributed by atoms with van der Waals surface area (Å²) in [5.74, 6) is 0. The number of unbranched alkanes of at least 4 members (excludes halogenated alkanes) is 3. The molecule has 2 heterocycles. The van der Waals surface area contributed by atoms with Gasteiger partial charge in [-0.1, -0.05) is 19.8 Å². The zero-order valence-corrected chi connectivity index (χ0v) is 13.8. The molecule has 0 unspecified atom stereocenters. The molecule has 132 valence electrons. The summed E-state index contributed by atoms with van der Waals surface area (Å²) in [5, 5.41) is 33.3. The fraction of sp³-hybridized carbons (Fsp3) is 0.867. The molecule has 8 heteroatoms. The highest BCUT2D eigenvalue weighted by atomic mass is 16.7. The number of aliphatic hydroxyl groups excluding tert-OH is 3. The van der Waals surface area contributed by atoms with E-state index in [1.807, 2.05) is 17.9 Å². The van der Waals surface area contributed by atoms with Gasteiger partial charge in [0.25, 0.3) is 0 Å². The van der Waals surface area contributed by atoms with E-state index >= 15 is 0 Å². The summed E-state index contributed by atoms with van der Waals surface area (Å²) in [6.45, 7) is 3.18. The fourth-order valence-corrected chi connectivity index (χ4v) is 2.55. The minimum Gasteiger partial charge on any atom is -0.388 e. The maximum atomic E-state index is 9.84. The first-order valence-electron chi connectivity index (χ1n) is 8.23. The number of aryl methyl sites for hydroxylation is 2. The molecule has 1 aliphatic rings. The third-order valence-electron chi connectivity index (χ3n) is 4.05. The van der Waals surface area contributed by atoms with Crippen LogP contribution in [-0.4, -0.2) is 56.4 Å². The van der Waals surface area contributed by atoms with Crippen LogP contribution in [0.5, 0.6) is 0 Å². The maximum absolute atomic E-state index is 9.84. The topological polar surface area (TPSA) is 101 Å². The summed E-state index contributed by atoms with van der Waals surface area (Å²) >= 11 is 0. The molecule has 0 spiro atoms. The van der Waals surface area contributed by atoms with Crippen molar-refractivity contribution in [1.29, 1.82) is 0 Å². The summed E-state index contributed by atoms with van der Waals surface area (Å²) in [6, 6.07) is 0. The normalized spacial score (nSPS) is 28.2. The van der Waals surface area contributed by atoms with Crippen LogP contribution in [0, 0.1) is 0 Å². The van der Waals surface area contributed by atoms with Gasteiger partial charge in [-0.05, 0) is 12.8 Å². The van der Waals surface area contributed by atoms with Gasteiger partial charge in [0, 0.05) is 0 Å². The summed E-state index contributed by atoms with van der Waals surface area (Å²) in [5.41, 5.74) is 0.844. The second kappa shape index (κ2) is 8.70. The van der Waals surface area contributed by atoms with E-state index in [0.717, 1.165) is 18.7 Å². The van der Waals surface area contributed by atoms with Crippen LogP contribution in [-0.2, 0) is 29.7 Å². The smallest absolute Gasteiger partial charge is 0.193 e. The van der Waals surface area contributed by atoms with Crippen molar-refractivity contribution in [1.82, 2.24) is 9.90 Å². The Morgan fingerprint density at radius 2 is 2.09 bits per heavy atom. The lowest BCUT2D eigenvalue weighted by Crippen LogP contribution is -2.53. The van der Waals surface area contributed by atoms with Crippen LogP contribution in [0.15, 0.2) is 6.20 Å². The zero-order chi connectivity index (χ0) is 16.8. The Hall–Kier alpha value is -1.06. The van der Waals surface area contributed by atoms with E-state index in [9.17, 15) is 15.3 Å². The number of nitrogens with zero attached hydrogens (tertiary/aromatic N) is 3. The molecular formula is C15H28N3O5+. The minimum absolute atomic E-state index is 0.0638. The summed E-state index contributed by atoms with van der Waals surface area (Å²) in [6.07, 6.45) is 2.04. The molecule has 1 fully saturated rings. The SMILES string of the molecule is CCCCCC[n+]1cc(CO[C@@H]2OC[C@@H](O)[C@H](O)[C@H]2O)n(C)n1. The Morgan fingerprint density at radius 3 is 2.83 bits per heavy atom. The molecule has 8 nitrogen and oxygen atoms in total. The Balaban J connectivity index is 1.82. The van der Waals surface area contributed by atoms with Crippen molar-refractivity contribution in [2.45, 2.75) is 70.4 Å². The van der Waals surface area contributed by atoms with Crippen LogP contribution in [0.2, 0.25) is 0 Å². The van der Waals surface area contributed by atoms with Gasteiger partial charge in [-0.3, -0.25) is 0 Å².